The Morgan fingerprint density at radius 2 is 0.597 bits per heavy atom. The highest BCUT2D eigenvalue weighted by Gasteiger charge is 2.19. The lowest BCUT2D eigenvalue weighted by Crippen LogP contribution is -2.30. The minimum absolute atomic E-state index is 0.126. The Kier molecular flexibility index (Phi) is 51.0. The van der Waals surface area contributed by atoms with Gasteiger partial charge in [-0.1, -0.05) is 200 Å². The predicted molar refractivity (Wildman–Crippen MR) is 288 cm³/mol. The molecule has 0 radical (unpaired) electrons. The number of hydrogen-bond acceptors (Lipinski definition) is 6. The van der Waals surface area contributed by atoms with Crippen LogP contribution in [0.3, 0.4) is 0 Å². The van der Waals surface area contributed by atoms with Crippen LogP contribution in [-0.4, -0.2) is 37.2 Å². The molecule has 0 N–H and O–H groups in total. The van der Waals surface area contributed by atoms with Crippen molar-refractivity contribution < 1.29 is 28.6 Å². The molecular weight excluding hydrogens is 829 g/mol. The Labute approximate surface area is 412 Å². The van der Waals surface area contributed by atoms with Gasteiger partial charge in [-0.25, -0.2) is 0 Å². The van der Waals surface area contributed by atoms with Gasteiger partial charge < -0.3 is 14.2 Å². The van der Waals surface area contributed by atoms with Crippen LogP contribution in [0.2, 0.25) is 0 Å². The molecule has 0 bridgehead atoms. The number of esters is 3. The normalized spacial score (nSPS) is 13.1. The SMILES string of the molecule is CC/C=C\C/C=C\C/C=C\C/C=C\CCCCC(=O)OC[C@H](COC(=O)CCCCCC/C=C\C/C=C\C/C=C\CCCCC)OC(=O)CCC/C=C\C/C=C\C/C=C\CCCCCCCC. The third-order valence-corrected chi connectivity index (χ3v) is 10.9. The van der Waals surface area contributed by atoms with Crippen LogP contribution >= 0.6 is 0 Å². The Balaban J connectivity index is 4.59. The van der Waals surface area contributed by atoms with Crippen LogP contribution in [0, 0.1) is 0 Å². The molecule has 0 amide bonds. The van der Waals surface area contributed by atoms with E-state index < -0.39 is 6.10 Å². The topological polar surface area (TPSA) is 78.9 Å². The number of unbranched alkanes of at least 4 members (excludes halogenated alkanes) is 16. The third kappa shape index (κ3) is 52.6. The van der Waals surface area contributed by atoms with E-state index in [1.165, 1.54) is 70.6 Å². The number of carbonyl (C=O) groups is 3. The maximum Gasteiger partial charge on any atom is 0.306 e. The van der Waals surface area contributed by atoms with Gasteiger partial charge in [0.2, 0.25) is 0 Å². The predicted octanol–water partition coefficient (Wildman–Crippen LogP) is 18.1. The van der Waals surface area contributed by atoms with Gasteiger partial charge in [-0.2, -0.15) is 0 Å². The van der Waals surface area contributed by atoms with E-state index in [1.807, 2.05) is 0 Å². The van der Waals surface area contributed by atoms with E-state index in [4.69, 9.17) is 14.2 Å². The minimum atomic E-state index is -0.834. The molecule has 0 aliphatic heterocycles. The zero-order valence-corrected chi connectivity index (χ0v) is 43.1. The van der Waals surface area contributed by atoms with Crippen LogP contribution in [0.5, 0.6) is 0 Å². The third-order valence-electron chi connectivity index (χ3n) is 10.9. The summed E-state index contributed by atoms with van der Waals surface area (Å²) >= 11 is 0. The van der Waals surface area contributed by atoms with E-state index in [9.17, 15) is 14.4 Å². The van der Waals surface area contributed by atoms with Gasteiger partial charge in [0.05, 0.1) is 0 Å². The zero-order valence-electron chi connectivity index (χ0n) is 43.1. The molecule has 0 aliphatic rings. The molecular formula is C61H98O6. The zero-order chi connectivity index (χ0) is 48.6. The lowest BCUT2D eigenvalue weighted by Gasteiger charge is -2.18. The van der Waals surface area contributed by atoms with Crippen molar-refractivity contribution in [3.05, 3.63) is 122 Å². The number of ether oxygens (including phenoxy) is 3. The molecule has 0 saturated carbocycles. The monoisotopic (exact) mass is 927 g/mol. The van der Waals surface area contributed by atoms with Gasteiger partial charge in [0.1, 0.15) is 13.2 Å². The molecule has 0 unspecified atom stereocenters. The van der Waals surface area contributed by atoms with E-state index in [0.29, 0.717) is 19.3 Å². The number of hydrogen-bond donors (Lipinski definition) is 0. The van der Waals surface area contributed by atoms with E-state index >= 15 is 0 Å². The van der Waals surface area contributed by atoms with Gasteiger partial charge in [-0.3, -0.25) is 14.4 Å². The summed E-state index contributed by atoms with van der Waals surface area (Å²) in [7, 11) is 0. The largest absolute Gasteiger partial charge is 0.462 e. The smallest absolute Gasteiger partial charge is 0.306 e. The quantitative estimate of drug-likeness (QED) is 0.0262. The molecule has 67 heavy (non-hydrogen) atoms. The summed E-state index contributed by atoms with van der Waals surface area (Å²) in [6, 6.07) is 0. The lowest BCUT2D eigenvalue weighted by molar-refractivity contribution is -0.167. The van der Waals surface area contributed by atoms with E-state index in [2.05, 4.69) is 142 Å². The molecule has 0 aromatic carbocycles. The van der Waals surface area contributed by atoms with Crippen molar-refractivity contribution in [2.45, 2.75) is 232 Å². The van der Waals surface area contributed by atoms with Crippen LogP contribution < -0.4 is 0 Å². The molecule has 0 aromatic heterocycles. The summed E-state index contributed by atoms with van der Waals surface area (Å²) in [4.78, 5) is 38.0. The molecule has 0 aromatic rings. The van der Waals surface area contributed by atoms with Gasteiger partial charge >= 0.3 is 17.9 Å². The fraction of sp³-hybridized carbons (Fsp3) is 0.623. The average Bonchev–Trinajstić information content (AvgIpc) is 3.33. The molecule has 0 spiro atoms. The maximum atomic E-state index is 12.8. The second-order valence-corrected chi connectivity index (χ2v) is 17.4. The van der Waals surface area contributed by atoms with Crippen molar-refractivity contribution in [2.75, 3.05) is 13.2 Å². The first kappa shape index (κ1) is 62.8. The van der Waals surface area contributed by atoms with E-state index in [0.717, 1.165) is 103 Å². The summed E-state index contributed by atoms with van der Waals surface area (Å²) in [5.74, 6) is -1.05. The van der Waals surface area contributed by atoms with Crippen LogP contribution in [0.1, 0.15) is 226 Å². The van der Waals surface area contributed by atoms with Gasteiger partial charge in [0, 0.05) is 19.3 Å². The average molecular weight is 927 g/mol. The first-order valence-electron chi connectivity index (χ1n) is 27.0. The van der Waals surface area contributed by atoms with Crippen molar-refractivity contribution in [2.24, 2.45) is 0 Å². The van der Waals surface area contributed by atoms with Crippen molar-refractivity contribution >= 4 is 17.9 Å². The number of rotatable bonds is 47. The van der Waals surface area contributed by atoms with Crippen molar-refractivity contribution in [1.29, 1.82) is 0 Å². The first-order valence-corrected chi connectivity index (χ1v) is 27.0. The molecule has 378 valence electrons. The number of carbonyl (C=O) groups excluding carboxylic acids is 3. The van der Waals surface area contributed by atoms with Crippen molar-refractivity contribution in [1.82, 2.24) is 0 Å². The van der Waals surface area contributed by atoms with Crippen LogP contribution in [0.25, 0.3) is 0 Å². The standard InChI is InChI=1S/C61H98O6/c1-4-7-10-13-16-19-22-25-28-30-33-36-39-42-45-48-51-54-60(63)66-57-58(56-65-59(62)53-50-47-44-41-38-35-32-27-24-21-18-15-12-9-6-3)67-61(64)55-52-49-46-43-40-37-34-31-29-26-23-20-17-14-11-8-5-2/h9,12,16,18-19,21,25-29,32-34,36-38,41,43,46,58H,4-8,10-11,13-15,17,20,22-24,30-31,35,39-40,42,44-45,47-57H2,1-3H3/b12-9-,19-16-,21-18-,28-25-,29-26-,32-27-,36-33-,37-34-,41-38-,46-43-/t58-/m1/s1. The highest BCUT2D eigenvalue weighted by Crippen LogP contribution is 2.11. The van der Waals surface area contributed by atoms with Gasteiger partial charge in [-0.05, 0) is 128 Å². The Morgan fingerprint density at radius 1 is 0.313 bits per heavy atom. The molecule has 0 heterocycles. The molecule has 0 saturated heterocycles. The molecule has 6 heteroatoms. The minimum Gasteiger partial charge on any atom is -0.462 e. The fourth-order valence-electron chi connectivity index (χ4n) is 6.87. The van der Waals surface area contributed by atoms with Crippen molar-refractivity contribution in [3.8, 4) is 0 Å². The summed E-state index contributed by atoms with van der Waals surface area (Å²) in [6.07, 6.45) is 74.7. The van der Waals surface area contributed by atoms with E-state index in [-0.39, 0.29) is 44.0 Å². The van der Waals surface area contributed by atoms with Crippen LogP contribution in [-0.2, 0) is 28.6 Å². The second-order valence-electron chi connectivity index (χ2n) is 17.4. The summed E-state index contributed by atoms with van der Waals surface area (Å²) in [5, 5.41) is 0. The molecule has 0 fully saturated rings. The molecule has 1 atom stereocenters. The van der Waals surface area contributed by atoms with Gasteiger partial charge in [-0.15, -0.1) is 0 Å². The molecule has 6 nitrogen and oxygen atoms in total. The molecule has 0 aliphatic carbocycles. The molecule has 0 rings (SSSR count). The van der Waals surface area contributed by atoms with Crippen LogP contribution in [0.15, 0.2) is 122 Å². The highest BCUT2D eigenvalue weighted by atomic mass is 16.6. The maximum absolute atomic E-state index is 12.8. The van der Waals surface area contributed by atoms with Gasteiger partial charge in [0.15, 0.2) is 6.10 Å². The summed E-state index contributed by atoms with van der Waals surface area (Å²) in [6.45, 7) is 6.38. The summed E-state index contributed by atoms with van der Waals surface area (Å²) < 4.78 is 16.7. The summed E-state index contributed by atoms with van der Waals surface area (Å²) in [5.41, 5.74) is 0. The second kappa shape index (κ2) is 54.4. The van der Waals surface area contributed by atoms with Crippen molar-refractivity contribution in [3.63, 3.8) is 0 Å². The fourth-order valence-corrected chi connectivity index (χ4v) is 6.87. The van der Waals surface area contributed by atoms with Crippen LogP contribution in [0.4, 0.5) is 0 Å². The highest BCUT2D eigenvalue weighted by molar-refractivity contribution is 5.71. The Hall–Kier alpha value is -4.19. The Morgan fingerprint density at radius 3 is 1.01 bits per heavy atom. The number of allylic oxidation sites excluding steroid dienone is 20. The Bertz CT molecular complexity index is 1440. The van der Waals surface area contributed by atoms with Gasteiger partial charge in [0.25, 0.3) is 0 Å². The first-order chi connectivity index (χ1) is 33.0. The van der Waals surface area contributed by atoms with E-state index in [1.54, 1.807) is 0 Å². The lowest BCUT2D eigenvalue weighted by atomic mass is 10.1.